The molecule has 0 aliphatic carbocycles. The Hall–Kier alpha value is -0.400. The number of hydrogen-bond donors (Lipinski definition) is 2. The van der Waals surface area contributed by atoms with Crippen molar-refractivity contribution in [2.75, 3.05) is 13.1 Å². The average molecular weight is 399 g/mol. The first-order valence-corrected chi connectivity index (χ1v) is 7.13. The topological polar surface area (TPSA) is 41.1 Å². The first-order valence-electron chi connectivity index (χ1n) is 6.05. The van der Waals surface area contributed by atoms with Crippen molar-refractivity contribution in [2.24, 2.45) is 5.92 Å². The van der Waals surface area contributed by atoms with Crippen LogP contribution >= 0.6 is 35.0 Å². The number of carbonyl (C=O) groups is 1. The van der Waals surface area contributed by atoms with E-state index >= 15 is 0 Å². The van der Waals surface area contributed by atoms with Crippen molar-refractivity contribution in [1.29, 1.82) is 0 Å². The fourth-order valence-electron chi connectivity index (χ4n) is 2.18. The molecule has 2 atom stereocenters. The minimum atomic E-state index is -0.457. The second-order valence-corrected chi connectivity index (χ2v) is 5.81. The van der Waals surface area contributed by atoms with Gasteiger partial charge in [-0.2, -0.15) is 0 Å². The highest BCUT2D eigenvalue weighted by molar-refractivity contribution is 14.1. The fraction of sp³-hybridized carbons (Fsp3) is 0.462. The lowest BCUT2D eigenvalue weighted by Crippen LogP contribution is -2.48. The predicted molar refractivity (Wildman–Crippen MR) is 84.3 cm³/mol. The van der Waals surface area contributed by atoms with Gasteiger partial charge in [0.05, 0.1) is 5.56 Å². The van der Waals surface area contributed by atoms with Crippen molar-refractivity contribution in [2.45, 2.75) is 19.4 Å². The van der Waals surface area contributed by atoms with Gasteiger partial charge in [-0.3, -0.25) is 4.79 Å². The van der Waals surface area contributed by atoms with E-state index in [0.717, 1.165) is 19.5 Å². The van der Waals surface area contributed by atoms with Gasteiger partial charge in [0.15, 0.2) is 0 Å². The predicted octanol–water partition coefficient (Wildman–Crippen LogP) is 2.58. The standard InChI is InChI=1S/C13H16FIN2O.ClH/c1-8-7-16-6-5-11(8)17-13(18)12-9(14)3-2-4-10(12)15;/h2-4,8,11,16H,5-7H2,1H3,(H,17,18);1H. The summed E-state index contributed by atoms with van der Waals surface area (Å²) in [4.78, 5) is 12.1. The van der Waals surface area contributed by atoms with Crippen molar-refractivity contribution in [3.05, 3.63) is 33.1 Å². The number of rotatable bonds is 2. The van der Waals surface area contributed by atoms with E-state index in [2.05, 4.69) is 17.6 Å². The molecule has 1 heterocycles. The lowest BCUT2D eigenvalue weighted by atomic mass is 9.95. The zero-order chi connectivity index (χ0) is 13.1. The molecule has 1 aromatic rings. The summed E-state index contributed by atoms with van der Waals surface area (Å²) in [6.45, 7) is 3.87. The zero-order valence-corrected chi connectivity index (χ0v) is 13.6. The van der Waals surface area contributed by atoms with Crippen molar-refractivity contribution < 1.29 is 9.18 Å². The molecule has 1 aromatic carbocycles. The van der Waals surface area contributed by atoms with E-state index in [1.807, 2.05) is 22.6 Å². The van der Waals surface area contributed by atoms with Crippen LogP contribution in [0.25, 0.3) is 0 Å². The van der Waals surface area contributed by atoms with Crippen molar-refractivity contribution >= 4 is 40.9 Å². The molecule has 1 aliphatic heterocycles. The number of halogens is 3. The molecule has 2 N–H and O–H groups in total. The van der Waals surface area contributed by atoms with Gasteiger partial charge in [0.25, 0.3) is 5.91 Å². The third-order valence-corrected chi connectivity index (χ3v) is 4.19. The Morgan fingerprint density at radius 1 is 1.53 bits per heavy atom. The van der Waals surface area contributed by atoms with Crippen LogP contribution in [0.5, 0.6) is 0 Å². The molecule has 0 saturated carbocycles. The Labute approximate surface area is 132 Å². The van der Waals surface area contributed by atoms with Crippen LogP contribution in [0.15, 0.2) is 18.2 Å². The average Bonchev–Trinajstić information content (AvgIpc) is 2.32. The monoisotopic (exact) mass is 398 g/mol. The molecule has 106 valence electrons. The van der Waals surface area contributed by atoms with E-state index in [4.69, 9.17) is 0 Å². The van der Waals surface area contributed by atoms with E-state index in [9.17, 15) is 9.18 Å². The molecule has 1 fully saturated rings. The maximum atomic E-state index is 13.7. The van der Waals surface area contributed by atoms with E-state index in [0.29, 0.717) is 9.49 Å². The molecular weight excluding hydrogens is 382 g/mol. The molecule has 1 aliphatic rings. The summed E-state index contributed by atoms with van der Waals surface area (Å²) < 4.78 is 14.3. The lowest BCUT2D eigenvalue weighted by Gasteiger charge is -2.30. The summed E-state index contributed by atoms with van der Waals surface area (Å²) in [7, 11) is 0. The minimum absolute atomic E-state index is 0. The molecule has 3 nitrogen and oxygen atoms in total. The number of nitrogens with one attached hydrogen (secondary N) is 2. The molecule has 2 unspecified atom stereocenters. The molecule has 0 bridgehead atoms. The van der Waals surface area contributed by atoms with Crippen LogP contribution in [0.3, 0.4) is 0 Å². The Bertz CT molecular complexity index is 438. The van der Waals surface area contributed by atoms with Gasteiger partial charge in [-0.25, -0.2) is 4.39 Å². The minimum Gasteiger partial charge on any atom is -0.349 e. The number of piperidine rings is 1. The Balaban J connectivity index is 0.00000180. The molecule has 2 rings (SSSR count). The van der Waals surface area contributed by atoms with Crippen LogP contribution in [0.2, 0.25) is 0 Å². The van der Waals surface area contributed by atoms with Crippen molar-refractivity contribution in [1.82, 2.24) is 10.6 Å². The molecule has 19 heavy (non-hydrogen) atoms. The number of benzene rings is 1. The van der Waals surface area contributed by atoms with Gasteiger partial charge >= 0.3 is 0 Å². The van der Waals surface area contributed by atoms with E-state index in [1.54, 1.807) is 12.1 Å². The van der Waals surface area contributed by atoms with Gasteiger partial charge in [0.1, 0.15) is 5.82 Å². The zero-order valence-electron chi connectivity index (χ0n) is 10.6. The molecule has 0 aromatic heterocycles. The van der Waals surface area contributed by atoms with E-state index in [-0.39, 0.29) is 29.9 Å². The third kappa shape index (κ3) is 4.03. The SMILES string of the molecule is CC1CNCCC1NC(=O)c1c(F)cccc1I.Cl. The summed E-state index contributed by atoms with van der Waals surface area (Å²) in [5, 5.41) is 6.22. The molecule has 0 radical (unpaired) electrons. The van der Waals surface area contributed by atoms with Crippen LogP contribution in [0.1, 0.15) is 23.7 Å². The first-order chi connectivity index (χ1) is 8.59. The van der Waals surface area contributed by atoms with Gasteiger partial charge < -0.3 is 10.6 Å². The highest BCUT2D eigenvalue weighted by Crippen LogP contribution is 2.17. The van der Waals surface area contributed by atoms with Gasteiger partial charge in [-0.1, -0.05) is 13.0 Å². The highest BCUT2D eigenvalue weighted by Gasteiger charge is 2.24. The van der Waals surface area contributed by atoms with E-state index in [1.165, 1.54) is 6.07 Å². The van der Waals surface area contributed by atoms with Crippen LogP contribution in [0.4, 0.5) is 4.39 Å². The van der Waals surface area contributed by atoms with Gasteiger partial charge in [0.2, 0.25) is 0 Å². The Morgan fingerprint density at radius 3 is 2.89 bits per heavy atom. The second-order valence-electron chi connectivity index (χ2n) is 4.65. The summed E-state index contributed by atoms with van der Waals surface area (Å²) in [5.74, 6) is -0.399. The summed E-state index contributed by atoms with van der Waals surface area (Å²) >= 11 is 1.99. The molecule has 1 saturated heterocycles. The van der Waals surface area contributed by atoms with Crippen LogP contribution in [-0.2, 0) is 0 Å². The maximum Gasteiger partial charge on any atom is 0.255 e. The number of hydrogen-bond acceptors (Lipinski definition) is 2. The quantitative estimate of drug-likeness (QED) is 0.752. The van der Waals surface area contributed by atoms with Crippen molar-refractivity contribution in [3.8, 4) is 0 Å². The third-order valence-electron chi connectivity index (χ3n) is 3.29. The Morgan fingerprint density at radius 2 is 2.26 bits per heavy atom. The largest absolute Gasteiger partial charge is 0.349 e. The molecular formula is C13H17ClFIN2O. The van der Waals surface area contributed by atoms with Gasteiger partial charge in [-0.05, 0) is 60.2 Å². The van der Waals surface area contributed by atoms with Crippen LogP contribution in [-0.4, -0.2) is 25.0 Å². The van der Waals surface area contributed by atoms with Crippen LogP contribution in [0, 0.1) is 15.3 Å². The maximum absolute atomic E-state index is 13.7. The van der Waals surface area contributed by atoms with E-state index < -0.39 is 5.82 Å². The first kappa shape index (κ1) is 16.7. The van der Waals surface area contributed by atoms with Gasteiger partial charge in [-0.15, -0.1) is 12.4 Å². The highest BCUT2D eigenvalue weighted by atomic mass is 127. The lowest BCUT2D eigenvalue weighted by molar-refractivity contribution is 0.0909. The molecule has 1 amide bonds. The number of amides is 1. The Kier molecular flexibility index (Phi) is 6.49. The summed E-state index contributed by atoms with van der Waals surface area (Å²) in [6.07, 6.45) is 0.887. The summed E-state index contributed by atoms with van der Waals surface area (Å²) in [6, 6.07) is 4.79. The van der Waals surface area contributed by atoms with Gasteiger partial charge in [0, 0.05) is 9.61 Å². The fourth-order valence-corrected chi connectivity index (χ4v) is 2.89. The summed E-state index contributed by atoms with van der Waals surface area (Å²) in [5.41, 5.74) is 0.156. The normalized spacial score (nSPS) is 22.5. The van der Waals surface area contributed by atoms with Crippen molar-refractivity contribution in [3.63, 3.8) is 0 Å². The molecule has 0 spiro atoms. The molecule has 6 heteroatoms. The second kappa shape index (κ2) is 7.40. The van der Waals surface area contributed by atoms with Crippen LogP contribution < -0.4 is 10.6 Å². The smallest absolute Gasteiger partial charge is 0.255 e. The number of carbonyl (C=O) groups excluding carboxylic acids is 1.